The zero-order chi connectivity index (χ0) is 21.9. The molecule has 29 heavy (non-hydrogen) atoms. The first-order chi connectivity index (χ1) is 13.8. The van der Waals surface area contributed by atoms with E-state index in [0.29, 0.717) is 5.75 Å². The Bertz CT molecular complexity index is 651. The van der Waals surface area contributed by atoms with Crippen LogP contribution in [-0.4, -0.2) is 31.6 Å². The summed E-state index contributed by atoms with van der Waals surface area (Å²) in [6.07, 6.45) is 4.76. The smallest absolute Gasteiger partial charge is 0.342 e. The third-order valence-electron chi connectivity index (χ3n) is 4.69. The van der Waals surface area contributed by atoms with Crippen molar-refractivity contribution in [3.05, 3.63) is 29.3 Å². The van der Waals surface area contributed by atoms with Crippen LogP contribution >= 0.6 is 7.52 Å². The molecule has 0 spiro atoms. The second-order valence-corrected chi connectivity index (χ2v) is 9.36. The predicted octanol–water partition coefficient (Wildman–Crippen LogP) is 5.48. The highest BCUT2D eigenvalue weighted by molar-refractivity contribution is 7.57. The molecule has 166 valence electrons. The zero-order valence-corrected chi connectivity index (χ0v) is 19.7. The molecule has 0 aromatic heterocycles. The Balaban J connectivity index is 3.10. The van der Waals surface area contributed by atoms with Crippen LogP contribution in [0.5, 0.6) is 5.75 Å². The number of carbonyl (C=O) groups excluding carboxylic acids is 1. The number of nitrogens with one attached hydrogen (secondary N) is 1. The second kappa shape index (κ2) is 13.0. The molecule has 6 nitrogen and oxygen atoms in total. The standard InChI is InChI=1S/C22H38NO5P/c1-7-12-18-14-11-15-19(13-8-2)21(18)28-29(25,16-26-6)23-17(5)22(24)27-20(9-3)10-4/h11,14-15,17,20H,7-10,12-13,16H2,1-6H3,(H,23,25)/t17-,29?/m0/s1. The SMILES string of the molecule is CCCc1cccc(CCC)c1OP(=O)(COC)N[C@@H](C)C(=O)OC(CC)CC. The van der Waals surface area contributed by atoms with E-state index in [2.05, 4.69) is 18.9 Å². The summed E-state index contributed by atoms with van der Waals surface area (Å²) in [5, 5.41) is 2.87. The van der Waals surface area contributed by atoms with E-state index in [0.717, 1.165) is 49.7 Å². The van der Waals surface area contributed by atoms with Gasteiger partial charge in [-0.2, -0.15) is 0 Å². The molecule has 7 heteroatoms. The molecule has 1 aromatic carbocycles. The monoisotopic (exact) mass is 427 g/mol. The summed E-state index contributed by atoms with van der Waals surface area (Å²) in [6.45, 7) is 9.77. The van der Waals surface area contributed by atoms with E-state index in [9.17, 15) is 9.36 Å². The average Bonchev–Trinajstić information content (AvgIpc) is 2.68. The van der Waals surface area contributed by atoms with E-state index < -0.39 is 19.5 Å². The molecule has 0 aliphatic carbocycles. The lowest BCUT2D eigenvalue weighted by Crippen LogP contribution is -2.37. The third kappa shape index (κ3) is 8.12. The molecule has 0 heterocycles. The van der Waals surface area contributed by atoms with Gasteiger partial charge in [0.25, 0.3) is 0 Å². The van der Waals surface area contributed by atoms with Crippen LogP contribution in [0.4, 0.5) is 0 Å². The molecule has 0 aliphatic heterocycles. The lowest BCUT2D eigenvalue weighted by Gasteiger charge is -2.26. The van der Waals surface area contributed by atoms with Gasteiger partial charge in [-0.25, -0.2) is 5.09 Å². The van der Waals surface area contributed by atoms with Crippen molar-refractivity contribution in [2.75, 3.05) is 13.5 Å². The van der Waals surface area contributed by atoms with Crippen molar-refractivity contribution in [3.8, 4) is 5.75 Å². The minimum atomic E-state index is -3.49. The number of hydrogen-bond acceptors (Lipinski definition) is 5. The predicted molar refractivity (Wildman–Crippen MR) is 118 cm³/mol. The number of benzene rings is 1. The van der Waals surface area contributed by atoms with Crippen molar-refractivity contribution in [2.24, 2.45) is 0 Å². The van der Waals surface area contributed by atoms with Gasteiger partial charge in [-0.3, -0.25) is 9.36 Å². The van der Waals surface area contributed by atoms with Crippen LogP contribution in [0, 0.1) is 0 Å². The molecule has 1 unspecified atom stereocenters. The molecule has 0 fully saturated rings. The first-order valence-electron chi connectivity index (χ1n) is 10.7. The van der Waals surface area contributed by atoms with Crippen molar-refractivity contribution in [1.82, 2.24) is 5.09 Å². The topological polar surface area (TPSA) is 73.9 Å². The summed E-state index contributed by atoms with van der Waals surface area (Å²) < 4.78 is 30.3. The van der Waals surface area contributed by atoms with Gasteiger partial charge in [-0.1, -0.05) is 58.7 Å². The van der Waals surface area contributed by atoms with E-state index in [1.165, 1.54) is 7.11 Å². The summed E-state index contributed by atoms with van der Waals surface area (Å²) in [5.74, 6) is 0.207. The Morgan fingerprint density at radius 1 is 1.07 bits per heavy atom. The fourth-order valence-electron chi connectivity index (χ4n) is 3.16. The van der Waals surface area contributed by atoms with E-state index in [-0.39, 0.29) is 12.5 Å². The van der Waals surface area contributed by atoms with Crippen molar-refractivity contribution in [3.63, 3.8) is 0 Å². The molecule has 0 radical (unpaired) electrons. The number of carbonyl (C=O) groups is 1. The van der Waals surface area contributed by atoms with E-state index in [1.807, 2.05) is 32.0 Å². The highest BCUT2D eigenvalue weighted by Crippen LogP contribution is 2.46. The van der Waals surface area contributed by atoms with Crippen LogP contribution in [0.3, 0.4) is 0 Å². The molecule has 0 aliphatic rings. The number of rotatable bonds is 14. The molecule has 0 saturated carbocycles. The van der Waals surface area contributed by atoms with Crippen molar-refractivity contribution in [2.45, 2.75) is 85.3 Å². The van der Waals surface area contributed by atoms with Gasteiger partial charge < -0.3 is 14.0 Å². The Kier molecular flexibility index (Phi) is 11.6. The van der Waals surface area contributed by atoms with Gasteiger partial charge in [0.2, 0.25) is 0 Å². The Morgan fingerprint density at radius 2 is 1.62 bits per heavy atom. The van der Waals surface area contributed by atoms with E-state index in [4.69, 9.17) is 14.0 Å². The number of para-hydroxylation sites is 1. The quantitative estimate of drug-likeness (QED) is 0.313. The molecule has 0 amide bonds. The highest BCUT2D eigenvalue weighted by atomic mass is 31.2. The number of methoxy groups -OCH3 is 1. The van der Waals surface area contributed by atoms with Crippen molar-refractivity contribution < 1.29 is 23.4 Å². The second-order valence-electron chi connectivity index (χ2n) is 7.31. The van der Waals surface area contributed by atoms with Crippen molar-refractivity contribution in [1.29, 1.82) is 0 Å². The first kappa shape index (κ1) is 25.7. The lowest BCUT2D eigenvalue weighted by molar-refractivity contribution is -0.151. The molecule has 1 N–H and O–H groups in total. The largest absolute Gasteiger partial charge is 0.461 e. The normalized spacial score (nSPS) is 14.4. The first-order valence-corrected chi connectivity index (χ1v) is 12.5. The van der Waals surface area contributed by atoms with Gasteiger partial charge >= 0.3 is 13.5 Å². The van der Waals surface area contributed by atoms with Crippen LogP contribution < -0.4 is 9.61 Å². The van der Waals surface area contributed by atoms with Gasteiger partial charge in [0.15, 0.2) is 0 Å². The summed E-state index contributed by atoms with van der Waals surface area (Å²) in [5.41, 5.74) is 2.03. The molecular formula is C22H38NO5P. The fourth-order valence-corrected chi connectivity index (χ4v) is 4.91. The minimum absolute atomic E-state index is 0.137. The average molecular weight is 428 g/mol. The van der Waals surface area contributed by atoms with Crippen LogP contribution in [0.2, 0.25) is 0 Å². The third-order valence-corrected chi connectivity index (χ3v) is 6.55. The van der Waals surface area contributed by atoms with Crippen molar-refractivity contribution >= 4 is 13.5 Å². The molecule has 0 bridgehead atoms. The number of esters is 1. The molecule has 0 saturated heterocycles. The number of aryl methyl sites for hydroxylation is 2. The highest BCUT2D eigenvalue weighted by Gasteiger charge is 2.32. The Morgan fingerprint density at radius 3 is 2.07 bits per heavy atom. The molecular weight excluding hydrogens is 389 g/mol. The maximum Gasteiger partial charge on any atom is 0.342 e. The van der Waals surface area contributed by atoms with Gasteiger partial charge in [-0.05, 0) is 43.7 Å². The summed E-state index contributed by atoms with van der Waals surface area (Å²) in [6, 6.07) is 5.23. The number of hydrogen-bond donors (Lipinski definition) is 1. The van der Waals surface area contributed by atoms with E-state index in [1.54, 1.807) is 6.92 Å². The van der Waals surface area contributed by atoms with Gasteiger partial charge in [0.1, 0.15) is 24.2 Å². The van der Waals surface area contributed by atoms with Crippen LogP contribution in [-0.2, 0) is 31.7 Å². The van der Waals surface area contributed by atoms with E-state index >= 15 is 0 Å². The molecule has 1 aromatic rings. The van der Waals surface area contributed by atoms with Gasteiger partial charge in [0, 0.05) is 7.11 Å². The van der Waals surface area contributed by atoms with Crippen LogP contribution in [0.25, 0.3) is 0 Å². The van der Waals surface area contributed by atoms with Crippen LogP contribution in [0.1, 0.15) is 71.4 Å². The zero-order valence-electron chi connectivity index (χ0n) is 18.8. The maximum absolute atomic E-state index is 13.6. The fraction of sp³-hybridized carbons (Fsp3) is 0.682. The minimum Gasteiger partial charge on any atom is -0.461 e. The summed E-state index contributed by atoms with van der Waals surface area (Å²) >= 11 is 0. The Labute approximate surface area is 176 Å². The Hall–Kier alpha value is -1.36. The van der Waals surface area contributed by atoms with Gasteiger partial charge in [-0.15, -0.1) is 0 Å². The molecule has 1 rings (SSSR count). The number of ether oxygens (including phenoxy) is 2. The summed E-state index contributed by atoms with van der Waals surface area (Å²) in [7, 11) is -2.02. The van der Waals surface area contributed by atoms with Gasteiger partial charge in [0.05, 0.1) is 0 Å². The maximum atomic E-state index is 13.6. The van der Waals surface area contributed by atoms with Crippen LogP contribution in [0.15, 0.2) is 18.2 Å². The molecule has 2 atom stereocenters. The lowest BCUT2D eigenvalue weighted by atomic mass is 10.0. The summed E-state index contributed by atoms with van der Waals surface area (Å²) in [4.78, 5) is 12.4.